The van der Waals surface area contributed by atoms with Crippen LogP contribution in [0.25, 0.3) is 0 Å². The molecule has 2 rings (SSSR count). The van der Waals surface area contributed by atoms with Gasteiger partial charge in [-0.3, -0.25) is 4.79 Å². The Hall–Kier alpha value is -2.17. The maximum atomic E-state index is 12.1. The van der Waals surface area contributed by atoms with Gasteiger partial charge in [0.05, 0.1) is 6.10 Å². The molecule has 0 aliphatic heterocycles. The first-order valence-electron chi connectivity index (χ1n) is 7.34. The van der Waals surface area contributed by atoms with Gasteiger partial charge in [-0.05, 0) is 30.5 Å². The van der Waals surface area contributed by atoms with Crippen LogP contribution < -0.4 is 11.1 Å². The molecule has 22 heavy (non-hydrogen) atoms. The van der Waals surface area contributed by atoms with E-state index >= 15 is 0 Å². The van der Waals surface area contributed by atoms with Crippen molar-refractivity contribution in [2.75, 3.05) is 0 Å². The Morgan fingerprint density at radius 2 is 1.64 bits per heavy atom. The molecule has 4 nitrogen and oxygen atoms in total. The molecule has 0 aliphatic rings. The minimum atomic E-state index is -0.669. The lowest BCUT2D eigenvalue weighted by molar-refractivity contribution is -0.122. The lowest BCUT2D eigenvalue weighted by Crippen LogP contribution is -2.33. The molecule has 0 fully saturated rings. The Kier molecular flexibility index (Phi) is 5.31. The van der Waals surface area contributed by atoms with Crippen molar-refractivity contribution in [3.05, 3.63) is 70.8 Å². The molecular weight excluding hydrogens is 276 g/mol. The first-order valence-corrected chi connectivity index (χ1v) is 7.34. The van der Waals surface area contributed by atoms with Crippen molar-refractivity contribution in [1.82, 2.24) is 5.32 Å². The summed E-state index contributed by atoms with van der Waals surface area (Å²) in [7, 11) is 0. The molecule has 1 amide bonds. The zero-order valence-corrected chi connectivity index (χ0v) is 12.9. The SMILES string of the molecule is Cc1ccc(C(N)C(=O)NCc2ccc(C(C)O)cc2)cc1. The number of benzene rings is 2. The Balaban J connectivity index is 1.93. The molecule has 0 spiro atoms. The van der Waals surface area contributed by atoms with Gasteiger partial charge < -0.3 is 16.2 Å². The van der Waals surface area contributed by atoms with E-state index in [4.69, 9.17) is 5.73 Å². The molecule has 0 aliphatic carbocycles. The minimum Gasteiger partial charge on any atom is -0.389 e. The summed E-state index contributed by atoms with van der Waals surface area (Å²) < 4.78 is 0. The van der Waals surface area contributed by atoms with Crippen LogP contribution in [0.15, 0.2) is 48.5 Å². The Labute approximate surface area is 131 Å². The quantitative estimate of drug-likeness (QED) is 0.793. The molecular formula is C18H22N2O2. The third-order valence-corrected chi connectivity index (χ3v) is 3.65. The highest BCUT2D eigenvalue weighted by Gasteiger charge is 2.15. The molecule has 2 unspecified atom stereocenters. The van der Waals surface area contributed by atoms with Crippen molar-refractivity contribution in [1.29, 1.82) is 0 Å². The van der Waals surface area contributed by atoms with Gasteiger partial charge in [0.1, 0.15) is 6.04 Å². The van der Waals surface area contributed by atoms with E-state index in [1.54, 1.807) is 6.92 Å². The van der Waals surface area contributed by atoms with Crippen LogP contribution in [-0.4, -0.2) is 11.0 Å². The molecule has 0 radical (unpaired) electrons. The number of nitrogens with two attached hydrogens (primary N) is 1. The smallest absolute Gasteiger partial charge is 0.241 e. The molecule has 0 aromatic heterocycles. The normalized spacial score (nSPS) is 13.5. The van der Waals surface area contributed by atoms with Crippen LogP contribution in [0.3, 0.4) is 0 Å². The van der Waals surface area contributed by atoms with Gasteiger partial charge in [0, 0.05) is 6.54 Å². The van der Waals surface area contributed by atoms with Crippen LogP contribution >= 0.6 is 0 Å². The Morgan fingerprint density at radius 1 is 1.09 bits per heavy atom. The summed E-state index contributed by atoms with van der Waals surface area (Å²) in [5, 5.41) is 12.3. The number of aliphatic hydroxyl groups excluding tert-OH is 1. The van der Waals surface area contributed by atoms with Crippen LogP contribution in [0.2, 0.25) is 0 Å². The summed E-state index contributed by atoms with van der Waals surface area (Å²) >= 11 is 0. The number of rotatable bonds is 5. The van der Waals surface area contributed by atoms with E-state index in [-0.39, 0.29) is 5.91 Å². The van der Waals surface area contributed by atoms with Crippen LogP contribution in [0, 0.1) is 6.92 Å². The average Bonchev–Trinajstić information content (AvgIpc) is 2.53. The largest absolute Gasteiger partial charge is 0.389 e. The summed E-state index contributed by atoms with van der Waals surface area (Å²) in [6.45, 7) is 4.13. The average molecular weight is 298 g/mol. The van der Waals surface area contributed by atoms with Gasteiger partial charge in [-0.2, -0.15) is 0 Å². The highest BCUT2D eigenvalue weighted by Crippen LogP contribution is 2.14. The van der Waals surface area contributed by atoms with E-state index in [9.17, 15) is 9.90 Å². The van der Waals surface area contributed by atoms with E-state index in [1.165, 1.54) is 0 Å². The van der Waals surface area contributed by atoms with Crippen molar-refractivity contribution in [2.24, 2.45) is 5.73 Å². The fraction of sp³-hybridized carbons (Fsp3) is 0.278. The van der Waals surface area contributed by atoms with Gasteiger partial charge in [-0.1, -0.05) is 54.1 Å². The van der Waals surface area contributed by atoms with Crippen LogP contribution in [0.5, 0.6) is 0 Å². The highest BCUT2D eigenvalue weighted by atomic mass is 16.3. The summed E-state index contributed by atoms with van der Waals surface area (Å²) in [4.78, 5) is 12.1. The number of amides is 1. The standard InChI is InChI=1S/C18H22N2O2/c1-12-3-7-16(8-4-12)17(19)18(22)20-11-14-5-9-15(10-6-14)13(2)21/h3-10,13,17,21H,11,19H2,1-2H3,(H,20,22). The minimum absolute atomic E-state index is 0.205. The molecule has 116 valence electrons. The number of aryl methyl sites for hydroxylation is 1. The molecule has 0 bridgehead atoms. The molecule has 2 atom stereocenters. The monoisotopic (exact) mass is 298 g/mol. The molecule has 4 heteroatoms. The first kappa shape index (κ1) is 16.2. The first-order chi connectivity index (χ1) is 10.5. The molecule has 2 aromatic rings. The van der Waals surface area contributed by atoms with Gasteiger partial charge in [0.2, 0.25) is 5.91 Å². The van der Waals surface area contributed by atoms with Crippen molar-refractivity contribution < 1.29 is 9.90 Å². The number of aliphatic hydroxyl groups is 1. The van der Waals surface area contributed by atoms with Crippen molar-refractivity contribution in [2.45, 2.75) is 32.5 Å². The highest BCUT2D eigenvalue weighted by molar-refractivity contribution is 5.82. The van der Waals surface area contributed by atoms with E-state index < -0.39 is 12.1 Å². The van der Waals surface area contributed by atoms with Gasteiger partial charge >= 0.3 is 0 Å². The summed E-state index contributed by atoms with van der Waals surface area (Å²) in [5.41, 5.74) is 9.72. The maximum absolute atomic E-state index is 12.1. The fourth-order valence-corrected chi connectivity index (χ4v) is 2.14. The molecule has 0 saturated heterocycles. The van der Waals surface area contributed by atoms with E-state index in [0.717, 1.165) is 22.3 Å². The zero-order valence-electron chi connectivity index (χ0n) is 12.9. The van der Waals surface area contributed by atoms with E-state index in [1.807, 2.05) is 55.5 Å². The topological polar surface area (TPSA) is 75.4 Å². The van der Waals surface area contributed by atoms with Gasteiger partial charge in [-0.15, -0.1) is 0 Å². The third-order valence-electron chi connectivity index (χ3n) is 3.65. The lowest BCUT2D eigenvalue weighted by atomic mass is 10.0. The lowest BCUT2D eigenvalue weighted by Gasteiger charge is -2.13. The van der Waals surface area contributed by atoms with Crippen LogP contribution in [0.4, 0.5) is 0 Å². The third kappa shape index (κ3) is 4.16. The number of hydrogen-bond donors (Lipinski definition) is 3. The number of nitrogens with one attached hydrogen (secondary N) is 1. The second kappa shape index (κ2) is 7.20. The van der Waals surface area contributed by atoms with Gasteiger partial charge in [0.25, 0.3) is 0 Å². The van der Waals surface area contributed by atoms with Crippen LogP contribution in [-0.2, 0) is 11.3 Å². The van der Waals surface area contributed by atoms with Crippen molar-refractivity contribution in [3.8, 4) is 0 Å². The molecule has 2 aromatic carbocycles. The second-order valence-electron chi connectivity index (χ2n) is 5.52. The predicted octanol–water partition coefficient (Wildman–Crippen LogP) is 2.36. The summed E-state index contributed by atoms with van der Waals surface area (Å²) in [5.74, 6) is -0.205. The summed E-state index contributed by atoms with van der Waals surface area (Å²) in [6.07, 6.45) is -0.487. The van der Waals surface area contributed by atoms with E-state index in [2.05, 4.69) is 5.32 Å². The maximum Gasteiger partial charge on any atom is 0.241 e. The van der Waals surface area contributed by atoms with Crippen molar-refractivity contribution in [3.63, 3.8) is 0 Å². The zero-order chi connectivity index (χ0) is 16.1. The molecule has 0 saturated carbocycles. The molecule has 4 N–H and O–H groups in total. The van der Waals surface area contributed by atoms with Gasteiger partial charge in [-0.25, -0.2) is 0 Å². The number of hydrogen-bond acceptors (Lipinski definition) is 3. The fourth-order valence-electron chi connectivity index (χ4n) is 2.14. The van der Waals surface area contributed by atoms with E-state index in [0.29, 0.717) is 6.54 Å². The summed E-state index contributed by atoms with van der Waals surface area (Å²) in [6, 6.07) is 14.4. The van der Waals surface area contributed by atoms with Crippen molar-refractivity contribution >= 4 is 5.91 Å². The molecule has 0 heterocycles. The predicted molar refractivity (Wildman–Crippen MR) is 87.0 cm³/mol. The van der Waals surface area contributed by atoms with Crippen LogP contribution in [0.1, 0.15) is 41.3 Å². The second-order valence-corrected chi connectivity index (χ2v) is 5.52. The van der Waals surface area contributed by atoms with Gasteiger partial charge in [0.15, 0.2) is 0 Å². The number of carbonyl (C=O) groups is 1. The Morgan fingerprint density at radius 3 is 2.18 bits per heavy atom. The number of carbonyl (C=O) groups excluding carboxylic acids is 1. The Bertz CT molecular complexity index is 619.